The highest BCUT2D eigenvalue weighted by atomic mass is 19.3. The van der Waals surface area contributed by atoms with E-state index in [9.17, 15) is 38.0 Å². The quantitative estimate of drug-likeness (QED) is 0.0592. The van der Waals surface area contributed by atoms with Crippen molar-refractivity contribution in [3.63, 3.8) is 0 Å². The molecule has 4 heterocycles. The third kappa shape index (κ3) is 9.38. The van der Waals surface area contributed by atoms with Crippen molar-refractivity contribution in [3.8, 4) is 0 Å². The van der Waals surface area contributed by atoms with Gasteiger partial charge in [-0.2, -0.15) is 10.2 Å². The molecule has 0 saturated heterocycles. The Kier molecular flexibility index (Phi) is 15.2. The van der Waals surface area contributed by atoms with Crippen LogP contribution in [0.1, 0.15) is 63.1 Å². The third-order valence-electron chi connectivity index (χ3n) is 10.9. The van der Waals surface area contributed by atoms with Gasteiger partial charge in [0.15, 0.2) is 22.8 Å². The molecule has 0 bridgehead atoms. The predicted octanol–water partition coefficient (Wildman–Crippen LogP) is 5.51. The number of fused-ring (bicyclic) bond motifs is 2. The van der Waals surface area contributed by atoms with Crippen molar-refractivity contribution >= 4 is 22.7 Å². The van der Waals surface area contributed by atoms with Gasteiger partial charge in [0.1, 0.15) is 35.9 Å². The van der Waals surface area contributed by atoms with E-state index in [4.69, 9.17) is 20.9 Å². The number of anilines is 2. The molecule has 4 aromatic heterocycles. The molecule has 18 heteroatoms. The fourth-order valence-corrected chi connectivity index (χ4v) is 7.30. The molecule has 324 valence electrons. The lowest BCUT2D eigenvalue weighted by Gasteiger charge is -2.39. The SMILES string of the molecule is CC[C@@H](O)[C@H](C)C(OCc1ccccc1)[C@@](O)(c1ccc2c(N)ncnn12)C(F)F.CC[C@@H](O)[C@H](C)C(OCc1ccccc1)[C@](O)(c1ccc2c(N)ncnn12)C(F)F. The van der Waals surface area contributed by atoms with Crippen molar-refractivity contribution < 1.29 is 47.5 Å². The summed E-state index contributed by atoms with van der Waals surface area (Å²) < 4.78 is 71.9. The number of aliphatic hydroxyl groups excluding tert-OH is 2. The van der Waals surface area contributed by atoms with Crippen LogP contribution in [0.3, 0.4) is 0 Å². The average molecular weight is 841 g/mol. The molecule has 60 heavy (non-hydrogen) atoms. The van der Waals surface area contributed by atoms with E-state index in [0.717, 1.165) is 32.8 Å². The number of hydrogen-bond donors (Lipinski definition) is 6. The molecule has 0 amide bonds. The first-order valence-corrected chi connectivity index (χ1v) is 19.5. The van der Waals surface area contributed by atoms with E-state index in [-0.39, 0.29) is 47.3 Å². The van der Waals surface area contributed by atoms with Crippen LogP contribution in [-0.2, 0) is 33.9 Å². The molecule has 0 saturated carbocycles. The molecule has 8 N–H and O–H groups in total. The molecular weight excluding hydrogens is 789 g/mol. The van der Waals surface area contributed by atoms with Gasteiger partial charge in [-0.1, -0.05) is 88.4 Å². The minimum absolute atomic E-state index is 0.0122. The number of halogens is 4. The zero-order valence-corrected chi connectivity index (χ0v) is 33.6. The van der Waals surface area contributed by atoms with Crippen molar-refractivity contribution in [1.29, 1.82) is 0 Å². The number of aliphatic hydroxyl groups is 4. The van der Waals surface area contributed by atoms with E-state index >= 15 is 0 Å². The summed E-state index contributed by atoms with van der Waals surface area (Å²) in [5.74, 6) is -1.42. The molecule has 6 rings (SSSR count). The molecule has 8 atom stereocenters. The fourth-order valence-electron chi connectivity index (χ4n) is 7.30. The third-order valence-corrected chi connectivity index (χ3v) is 10.9. The molecular formula is C42H52F4N8O6. The van der Waals surface area contributed by atoms with Gasteiger partial charge in [0, 0.05) is 11.8 Å². The summed E-state index contributed by atoms with van der Waals surface area (Å²) in [6.45, 7) is 6.60. The van der Waals surface area contributed by atoms with E-state index in [2.05, 4.69) is 20.2 Å². The summed E-state index contributed by atoms with van der Waals surface area (Å²) in [6.07, 6.45) is -8.33. The largest absolute Gasteiger partial charge is 0.393 e. The smallest absolute Gasteiger partial charge is 0.275 e. The van der Waals surface area contributed by atoms with Gasteiger partial charge in [0.2, 0.25) is 0 Å². The highest BCUT2D eigenvalue weighted by molar-refractivity contribution is 5.66. The Morgan fingerprint density at radius 1 is 0.600 bits per heavy atom. The van der Waals surface area contributed by atoms with Crippen LogP contribution in [-0.4, -0.2) is 86.9 Å². The summed E-state index contributed by atoms with van der Waals surface area (Å²) in [5, 5.41) is 51.6. The molecule has 2 unspecified atom stereocenters. The van der Waals surface area contributed by atoms with Crippen molar-refractivity contribution in [1.82, 2.24) is 29.2 Å². The van der Waals surface area contributed by atoms with E-state index in [1.54, 1.807) is 76.2 Å². The number of benzene rings is 2. The molecule has 2 aromatic carbocycles. The Hall–Kier alpha value is -5.24. The first-order valence-electron chi connectivity index (χ1n) is 19.5. The zero-order chi connectivity index (χ0) is 43.8. The Labute approximate surface area is 344 Å². The van der Waals surface area contributed by atoms with Crippen molar-refractivity contribution in [3.05, 3.63) is 120 Å². The van der Waals surface area contributed by atoms with Gasteiger partial charge >= 0.3 is 0 Å². The molecule has 0 aliphatic carbocycles. The normalized spacial score (nSPS) is 17.0. The lowest BCUT2D eigenvalue weighted by atomic mass is 9.82. The van der Waals surface area contributed by atoms with Gasteiger partial charge in [-0.3, -0.25) is 0 Å². The minimum Gasteiger partial charge on any atom is -0.393 e. The van der Waals surface area contributed by atoms with E-state index < -0.39 is 60.3 Å². The second-order valence-corrected chi connectivity index (χ2v) is 14.7. The lowest BCUT2D eigenvalue weighted by molar-refractivity contribution is -0.216. The molecule has 0 fully saturated rings. The second kappa shape index (κ2) is 19.9. The number of nitrogens with zero attached hydrogens (tertiary/aromatic N) is 6. The lowest BCUT2D eigenvalue weighted by Crippen LogP contribution is -2.53. The van der Waals surface area contributed by atoms with E-state index in [1.165, 1.54) is 24.3 Å². The minimum atomic E-state index is -3.22. The topological polar surface area (TPSA) is 212 Å². The molecule has 0 radical (unpaired) electrons. The summed E-state index contributed by atoms with van der Waals surface area (Å²) in [5.41, 5.74) is 7.84. The van der Waals surface area contributed by atoms with E-state index in [0.29, 0.717) is 12.8 Å². The maximum atomic E-state index is 14.5. The Morgan fingerprint density at radius 3 is 1.27 bits per heavy atom. The molecule has 0 aliphatic rings. The van der Waals surface area contributed by atoms with Gasteiger partial charge in [-0.25, -0.2) is 36.6 Å². The summed E-state index contributed by atoms with van der Waals surface area (Å²) in [7, 11) is 0. The van der Waals surface area contributed by atoms with Crippen LogP contribution in [0, 0.1) is 11.8 Å². The number of rotatable bonds is 18. The van der Waals surface area contributed by atoms with Gasteiger partial charge in [-0.05, 0) is 48.2 Å². The predicted molar refractivity (Wildman–Crippen MR) is 216 cm³/mol. The van der Waals surface area contributed by atoms with Crippen LogP contribution in [0.15, 0.2) is 97.6 Å². The van der Waals surface area contributed by atoms with Crippen LogP contribution >= 0.6 is 0 Å². The second-order valence-electron chi connectivity index (χ2n) is 14.7. The van der Waals surface area contributed by atoms with Crippen molar-refractivity contribution in [2.24, 2.45) is 11.8 Å². The number of hydrogen-bond acceptors (Lipinski definition) is 12. The monoisotopic (exact) mass is 840 g/mol. The number of nitrogen functional groups attached to an aromatic ring is 2. The van der Waals surface area contributed by atoms with Gasteiger partial charge < -0.3 is 41.4 Å². The van der Waals surface area contributed by atoms with Crippen molar-refractivity contribution in [2.75, 3.05) is 11.5 Å². The summed E-state index contributed by atoms with van der Waals surface area (Å²) in [4.78, 5) is 7.70. The van der Waals surface area contributed by atoms with Crippen LogP contribution in [0.4, 0.5) is 29.2 Å². The molecule has 14 nitrogen and oxygen atoms in total. The molecule has 0 aliphatic heterocycles. The van der Waals surface area contributed by atoms with Gasteiger partial charge in [-0.15, -0.1) is 0 Å². The van der Waals surface area contributed by atoms with Crippen molar-refractivity contribution in [2.45, 2.75) is 102 Å². The van der Waals surface area contributed by atoms with Crippen LogP contribution in [0.2, 0.25) is 0 Å². The number of ether oxygens (including phenoxy) is 2. The number of alkyl halides is 4. The maximum Gasteiger partial charge on any atom is 0.275 e. The maximum absolute atomic E-state index is 14.5. The standard InChI is InChI=1S/2C21H26F2N4O3/c2*1-3-16(28)13(2)18(30-11-14-7-5-4-6-8-14)21(29,20(22)23)17-10-9-15-19(24)25-12-26-27(15)17/h2*4-10,12-13,16,18,20,28-29H,3,11H2,1-2H3,(H2,24,25,26)/t13-,16+,18?,21+;13-,16+,18?,21-/m00/s1. The summed E-state index contributed by atoms with van der Waals surface area (Å²) >= 11 is 0. The highest BCUT2D eigenvalue weighted by Gasteiger charge is 2.54. The fraction of sp³-hybridized carbons (Fsp3) is 0.429. The molecule has 6 aromatic rings. The Morgan fingerprint density at radius 2 is 0.950 bits per heavy atom. The van der Waals surface area contributed by atoms with Crippen LogP contribution in [0.25, 0.3) is 11.0 Å². The Balaban J connectivity index is 0.000000228. The average Bonchev–Trinajstić information content (AvgIpc) is 3.91. The molecule has 0 spiro atoms. The zero-order valence-electron chi connectivity index (χ0n) is 33.6. The number of nitrogens with two attached hydrogens (primary N) is 2. The highest BCUT2D eigenvalue weighted by Crippen LogP contribution is 2.41. The first-order chi connectivity index (χ1) is 28.6. The van der Waals surface area contributed by atoms with Gasteiger partial charge in [0.05, 0.1) is 36.8 Å². The Bertz CT molecular complexity index is 2100. The van der Waals surface area contributed by atoms with E-state index in [1.807, 2.05) is 12.1 Å². The van der Waals surface area contributed by atoms with Crippen LogP contribution < -0.4 is 11.5 Å². The summed E-state index contributed by atoms with van der Waals surface area (Å²) in [6, 6.07) is 23.6. The number of aromatic nitrogens is 6. The van der Waals surface area contributed by atoms with Crippen LogP contribution in [0.5, 0.6) is 0 Å². The first kappa shape index (κ1) is 45.8. The van der Waals surface area contributed by atoms with Gasteiger partial charge in [0.25, 0.3) is 12.9 Å².